The molecule has 0 amide bonds. The molecule has 1 saturated carbocycles. The molecule has 118 valence electrons. The topological polar surface area (TPSA) is 84.0 Å². The molecule has 6 nitrogen and oxygen atoms in total. The van der Waals surface area contributed by atoms with Gasteiger partial charge in [0.2, 0.25) is 0 Å². The first-order valence-electron chi connectivity index (χ1n) is 7.36. The summed E-state index contributed by atoms with van der Waals surface area (Å²) in [7, 11) is -3.01. The van der Waals surface area contributed by atoms with Gasteiger partial charge in [-0.3, -0.25) is 0 Å². The fourth-order valence-corrected chi connectivity index (χ4v) is 3.26. The third-order valence-electron chi connectivity index (χ3n) is 3.39. The van der Waals surface area contributed by atoms with E-state index in [-0.39, 0.29) is 11.8 Å². The molecule has 21 heavy (non-hydrogen) atoms. The van der Waals surface area contributed by atoms with Gasteiger partial charge in [-0.25, -0.2) is 18.4 Å². The van der Waals surface area contributed by atoms with Gasteiger partial charge >= 0.3 is 0 Å². The fourth-order valence-electron chi connectivity index (χ4n) is 2.27. The van der Waals surface area contributed by atoms with Crippen LogP contribution >= 0.6 is 0 Å². The Balaban J connectivity index is 2.24. The monoisotopic (exact) mass is 312 g/mol. The van der Waals surface area contributed by atoms with Crippen molar-refractivity contribution in [3.8, 4) is 0 Å². The molecule has 1 heterocycles. The van der Waals surface area contributed by atoms with Crippen LogP contribution in [0.5, 0.6) is 0 Å². The van der Waals surface area contributed by atoms with Crippen LogP contribution in [-0.4, -0.2) is 43.0 Å². The van der Waals surface area contributed by atoms with E-state index >= 15 is 0 Å². The van der Waals surface area contributed by atoms with Crippen LogP contribution in [0, 0.1) is 6.92 Å². The van der Waals surface area contributed by atoms with Crippen molar-refractivity contribution in [3.05, 3.63) is 11.4 Å². The third kappa shape index (κ3) is 4.56. The van der Waals surface area contributed by atoms with Crippen molar-refractivity contribution >= 4 is 21.5 Å². The summed E-state index contributed by atoms with van der Waals surface area (Å²) in [4.78, 5) is 9.18. The minimum Gasteiger partial charge on any atom is -0.370 e. The summed E-state index contributed by atoms with van der Waals surface area (Å²) in [6.07, 6.45) is 3.51. The SMILES string of the molecule is CCNc1nc(C2CC2)nc(NC(C)CS(C)(=O)=O)c1C. The van der Waals surface area contributed by atoms with Gasteiger partial charge in [-0.15, -0.1) is 0 Å². The average molecular weight is 312 g/mol. The summed E-state index contributed by atoms with van der Waals surface area (Å²) >= 11 is 0. The van der Waals surface area contributed by atoms with Crippen molar-refractivity contribution < 1.29 is 8.42 Å². The highest BCUT2D eigenvalue weighted by atomic mass is 32.2. The van der Waals surface area contributed by atoms with Gasteiger partial charge in [0.05, 0.1) is 5.75 Å². The minimum absolute atomic E-state index is 0.0890. The van der Waals surface area contributed by atoms with Crippen LogP contribution in [0.2, 0.25) is 0 Å². The lowest BCUT2D eigenvalue weighted by Gasteiger charge is -2.18. The predicted molar refractivity (Wildman–Crippen MR) is 85.7 cm³/mol. The summed E-state index contributed by atoms with van der Waals surface area (Å²) in [6, 6.07) is -0.185. The van der Waals surface area contributed by atoms with Crippen LogP contribution in [0.15, 0.2) is 0 Å². The molecule has 2 rings (SSSR count). The van der Waals surface area contributed by atoms with Crippen LogP contribution in [0.25, 0.3) is 0 Å². The number of rotatable bonds is 7. The molecule has 0 saturated heterocycles. The molecule has 1 unspecified atom stereocenters. The highest BCUT2D eigenvalue weighted by Crippen LogP contribution is 2.39. The maximum atomic E-state index is 11.4. The number of aromatic nitrogens is 2. The Kier molecular flexibility index (Phi) is 4.70. The highest BCUT2D eigenvalue weighted by Gasteiger charge is 2.28. The van der Waals surface area contributed by atoms with E-state index in [1.54, 1.807) is 0 Å². The smallest absolute Gasteiger partial charge is 0.149 e. The van der Waals surface area contributed by atoms with Crippen LogP contribution < -0.4 is 10.6 Å². The van der Waals surface area contributed by atoms with Gasteiger partial charge in [-0.2, -0.15) is 0 Å². The first-order valence-corrected chi connectivity index (χ1v) is 9.43. The second kappa shape index (κ2) is 6.17. The lowest BCUT2D eigenvalue weighted by molar-refractivity contribution is 0.598. The zero-order valence-corrected chi connectivity index (χ0v) is 13.9. The van der Waals surface area contributed by atoms with E-state index in [1.807, 2.05) is 20.8 Å². The quantitative estimate of drug-likeness (QED) is 0.800. The van der Waals surface area contributed by atoms with Crippen molar-refractivity contribution in [2.45, 2.75) is 45.6 Å². The van der Waals surface area contributed by atoms with Gasteiger partial charge in [-0.1, -0.05) is 0 Å². The summed E-state index contributed by atoms with van der Waals surface area (Å²) < 4.78 is 22.8. The molecule has 0 aliphatic heterocycles. The standard InChI is InChI=1S/C14H24N4O2S/c1-5-15-12-10(3)13(16-9(2)8-21(4,19)20)18-14(17-12)11-6-7-11/h9,11H,5-8H2,1-4H3,(H2,15,16,17,18). The molecule has 1 aromatic heterocycles. The van der Waals surface area contributed by atoms with E-state index in [4.69, 9.17) is 0 Å². The molecule has 1 fully saturated rings. The first kappa shape index (κ1) is 16.0. The molecular formula is C14H24N4O2S. The molecule has 0 radical (unpaired) electrons. The molecule has 1 aliphatic carbocycles. The van der Waals surface area contributed by atoms with Crippen molar-refractivity contribution in [2.75, 3.05) is 29.2 Å². The van der Waals surface area contributed by atoms with Gasteiger partial charge < -0.3 is 10.6 Å². The van der Waals surface area contributed by atoms with Crippen LogP contribution in [0.3, 0.4) is 0 Å². The molecular weight excluding hydrogens is 288 g/mol. The van der Waals surface area contributed by atoms with E-state index in [0.717, 1.165) is 42.4 Å². The van der Waals surface area contributed by atoms with Gasteiger partial charge in [0.15, 0.2) is 0 Å². The zero-order chi connectivity index (χ0) is 15.6. The second-order valence-corrected chi connectivity index (χ2v) is 8.03. The normalized spacial score (nSPS) is 16.6. The van der Waals surface area contributed by atoms with E-state index in [1.165, 1.54) is 6.26 Å². The van der Waals surface area contributed by atoms with E-state index in [0.29, 0.717) is 5.92 Å². The van der Waals surface area contributed by atoms with E-state index in [9.17, 15) is 8.42 Å². The Morgan fingerprint density at radius 1 is 1.29 bits per heavy atom. The van der Waals surface area contributed by atoms with Crippen molar-refractivity contribution in [2.24, 2.45) is 0 Å². The Morgan fingerprint density at radius 2 is 1.90 bits per heavy atom. The van der Waals surface area contributed by atoms with Crippen LogP contribution in [0.1, 0.15) is 44.0 Å². The third-order valence-corrected chi connectivity index (χ3v) is 4.49. The maximum Gasteiger partial charge on any atom is 0.149 e. The van der Waals surface area contributed by atoms with Gasteiger partial charge in [0, 0.05) is 30.3 Å². The summed E-state index contributed by atoms with van der Waals surface area (Å²) in [5.74, 6) is 2.97. The second-order valence-electron chi connectivity index (χ2n) is 5.85. The lowest BCUT2D eigenvalue weighted by Crippen LogP contribution is -2.26. The van der Waals surface area contributed by atoms with E-state index in [2.05, 4.69) is 20.6 Å². The molecule has 0 aromatic carbocycles. The van der Waals surface area contributed by atoms with Crippen molar-refractivity contribution in [1.29, 1.82) is 0 Å². The zero-order valence-electron chi connectivity index (χ0n) is 13.1. The molecule has 7 heteroatoms. The Morgan fingerprint density at radius 3 is 2.43 bits per heavy atom. The number of nitrogens with zero attached hydrogens (tertiary/aromatic N) is 2. The minimum atomic E-state index is -3.01. The molecule has 0 spiro atoms. The number of hydrogen-bond donors (Lipinski definition) is 2. The summed E-state index contributed by atoms with van der Waals surface area (Å²) in [5.41, 5.74) is 0.932. The Labute approximate surface area is 126 Å². The average Bonchev–Trinajstić information content (AvgIpc) is 3.16. The number of sulfone groups is 1. The largest absolute Gasteiger partial charge is 0.370 e. The molecule has 1 aromatic rings. The number of anilines is 2. The lowest BCUT2D eigenvalue weighted by atomic mass is 10.2. The summed E-state index contributed by atoms with van der Waals surface area (Å²) in [6.45, 7) is 6.62. The molecule has 2 N–H and O–H groups in total. The Bertz CT molecular complexity index is 612. The molecule has 0 bridgehead atoms. The van der Waals surface area contributed by atoms with Gasteiger partial charge in [-0.05, 0) is 33.6 Å². The molecule has 1 atom stereocenters. The van der Waals surface area contributed by atoms with Gasteiger partial charge in [0.25, 0.3) is 0 Å². The predicted octanol–water partition coefficient (Wildman–Crippen LogP) is 1.94. The summed E-state index contributed by atoms with van der Waals surface area (Å²) in [5, 5.41) is 6.47. The Hall–Kier alpha value is -1.37. The molecule has 1 aliphatic rings. The maximum absolute atomic E-state index is 11.4. The van der Waals surface area contributed by atoms with E-state index < -0.39 is 9.84 Å². The number of nitrogens with one attached hydrogen (secondary N) is 2. The highest BCUT2D eigenvalue weighted by molar-refractivity contribution is 7.90. The first-order chi connectivity index (χ1) is 9.80. The number of hydrogen-bond acceptors (Lipinski definition) is 6. The fraction of sp³-hybridized carbons (Fsp3) is 0.714. The van der Waals surface area contributed by atoms with Crippen LogP contribution in [0.4, 0.5) is 11.6 Å². The van der Waals surface area contributed by atoms with Crippen molar-refractivity contribution in [1.82, 2.24) is 9.97 Å². The van der Waals surface area contributed by atoms with Crippen LogP contribution in [-0.2, 0) is 9.84 Å². The van der Waals surface area contributed by atoms with Gasteiger partial charge in [0.1, 0.15) is 27.3 Å². The van der Waals surface area contributed by atoms with Crippen molar-refractivity contribution in [3.63, 3.8) is 0 Å².